The molecule has 2 aliphatic rings. The summed E-state index contributed by atoms with van der Waals surface area (Å²) in [6.45, 7) is 6.32. The third-order valence-electron chi connectivity index (χ3n) is 4.12. The zero-order valence-electron chi connectivity index (χ0n) is 11.7. The SMILES string of the molecule is CCCN1CCOC(C(N)C2=CCCCCC2)C1. The van der Waals surface area contributed by atoms with Crippen LogP contribution in [0.5, 0.6) is 0 Å². The molecule has 1 fully saturated rings. The number of ether oxygens (including phenoxy) is 1. The molecule has 0 radical (unpaired) electrons. The number of hydrogen-bond donors (Lipinski definition) is 1. The topological polar surface area (TPSA) is 38.5 Å². The predicted molar refractivity (Wildman–Crippen MR) is 75.6 cm³/mol. The molecule has 0 spiro atoms. The van der Waals surface area contributed by atoms with Gasteiger partial charge in [0.2, 0.25) is 0 Å². The number of hydrogen-bond acceptors (Lipinski definition) is 3. The van der Waals surface area contributed by atoms with Gasteiger partial charge in [-0.2, -0.15) is 0 Å². The molecule has 18 heavy (non-hydrogen) atoms. The number of rotatable bonds is 4. The largest absolute Gasteiger partial charge is 0.374 e. The van der Waals surface area contributed by atoms with E-state index in [0.717, 1.165) is 19.7 Å². The molecule has 0 aromatic heterocycles. The second-order valence-corrected chi connectivity index (χ2v) is 5.61. The molecular weight excluding hydrogens is 224 g/mol. The highest BCUT2D eigenvalue weighted by atomic mass is 16.5. The highest BCUT2D eigenvalue weighted by Gasteiger charge is 2.27. The van der Waals surface area contributed by atoms with Crippen molar-refractivity contribution in [2.45, 2.75) is 57.6 Å². The van der Waals surface area contributed by atoms with Gasteiger partial charge in [-0.25, -0.2) is 0 Å². The molecule has 2 rings (SSSR count). The summed E-state index contributed by atoms with van der Waals surface area (Å²) in [6.07, 6.45) is 10.1. The van der Waals surface area contributed by atoms with Gasteiger partial charge >= 0.3 is 0 Å². The lowest BCUT2D eigenvalue weighted by molar-refractivity contribution is -0.0353. The van der Waals surface area contributed by atoms with Crippen LogP contribution in [-0.4, -0.2) is 43.3 Å². The van der Waals surface area contributed by atoms with E-state index in [0.29, 0.717) is 0 Å². The van der Waals surface area contributed by atoms with E-state index >= 15 is 0 Å². The van der Waals surface area contributed by atoms with Gasteiger partial charge in [0.15, 0.2) is 0 Å². The van der Waals surface area contributed by atoms with Crippen LogP contribution >= 0.6 is 0 Å². The zero-order chi connectivity index (χ0) is 12.8. The van der Waals surface area contributed by atoms with Crippen LogP contribution in [0.3, 0.4) is 0 Å². The van der Waals surface area contributed by atoms with Crippen molar-refractivity contribution in [3.63, 3.8) is 0 Å². The summed E-state index contributed by atoms with van der Waals surface area (Å²) < 4.78 is 5.90. The molecule has 0 aromatic rings. The van der Waals surface area contributed by atoms with Crippen molar-refractivity contribution in [1.82, 2.24) is 4.90 Å². The van der Waals surface area contributed by atoms with Crippen molar-refractivity contribution in [2.24, 2.45) is 5.73 Å². The molecule has 3 heteroatoms. The minimum atomic E-state index is 0.114. The second kappa shape index (κ2) is 7.27. The molecule has 3 nitrogen and oxygen atoms in total. The molecule has 0 aromatic carbocycles. The van der Waals surface area contributed by atoms with E-state index < -0.39 is 0 Å². The van der Waals surface area contributed by atoms with E-state index in [1.807, 2.05) is 0 Å². The molecule has 1 heterocycles. The summed E-state index contributed by atoms with van der Waals surface area (Å²) in [4.78, 5) is 2.49. The van der Waals surface area contributed by atoms with Gasteiger partial charge in [-0.1, -0.05) is 25.0 Å². The fourth-order valence-corrected chi connectivity index (χ4v) is 3.05. The first-order valence-corrected chi connectivity index (χ1v) is 7.59. The lowest BCUT2D eigenvalue weighted by atomic mass is 9.97. The molecule has 0 saturated carbocycles. The predicted octanol–water partition coefficient (Wildman–Crippen LogP) is 2.31. The van der Waals surface area contributed by atoms with Gasteiger partial charge in [-0.3, -0.25) is 4.90 Å². The molecule has 1 aliphatic heterocycles. The molecule has 0 bridgehead atoms. The Hall–Kier alpha value is -0.380. The summed E-state index contributed by atoms with van der Waals surface area (Å²) in [5.41, 5.74) is 7.87. The molecule has 1 saturated heterocycles. The quantitative estimate of drug-likeness (QED) is 0.780. The lowest BCUT2D eigenvalue weighted by Gasteiger charge is -2.36. The monoisotopic (exact) mass is 252 g/mol. The van der Waals surface area contributed by atoms with Crippen LogP contribution in [0.1, 0.15) is 45.4 Å². The van der Waals surface area contributed by atoms with Crippen molar-refractivity contribution in [2.75, 3.05) is 26.2 Å². The minimum absolute atomic E-state index is 0.114. The van der Waals surface area contributed by atoms with E-state index in [9.17, 15) is 0 Å². The first-order valence-electron chi connectivity index (χ1n) is 7.59. The maximum atomic E-state index is 6.43. The van der Waals surface area contributed by atoms with Gasteiger partial charge in [0, 0.05) is 13.1 Å². The van der Waals surface area contributed by atoms with E-state index in [2.05, 4.69) is 17.9 Å². The Bertz CT molecular complexity index is 276. The first-order chi connectivity index (χ1) is 8.81. The van der Waals surface area contributed by atoms with Crippen molar-refractivity contribution in [3.8, 4) is 0 Å². The number of nitrogens with zero attached hydrogens (tertiary/aromatic N) is 1. The number of allylic oxidation sites excluding steroid dienone is 1. The summed E-state index contributed by atoms with van der Waals surface area (Å²) in [7, 11) is 0. The van der Waals surface area contributed by atoms with Crippen molar-refractivity contribution >= 4 is 0 Å². The van der Waals surface area contributed by atoms with Gasteiger partial charge in [-0.05, 0) is 38.6 Å². The number of nitrogens with two attached hydrogens (primary N) is 1. The van der Waals surface area contributed by atoms with E-state index in [1.165, 1.54) is 50.6 Å². The molecular formula is C15H28N2O. The normalized spacial score (nSPS) is 28.6. The minimum Gasteiger partial charge on any atom is -0.374 e. The summed E-state index contributed by atoms with van der Waals surface area (Å²) >= 11 is 0. The maximum absolute atomic E-state index is 6.43. The number of morpholine rings is 1. The van der Waals surface area contributed by atoms with Gasteiger partial charge in [0.1, 0.15) is 0 Å². The molecule has 1 aliphatic carbocycles. The Morgan fingerprint density at radius 3 is 3.17 bits per heavy atom. The molecule has 2 N–H and O–H groups in total. The third kappa shape index (κ3) is 3.81. The molecule has 0 amide bonds. The molecule has 104 valence electrons. The van der Waals surface area contributed by atoms with Crippen LogP contribution in [0.4, 0.5) is 0 Å². The highest BCUT2D eigenvalue weighted by Crippen LogP contribution is 2.22. The molecule has 2 atom stereocenters. The van der Waals surface area contributed by atoms with Crippen molar-refractivity contribution in [3.05, 3.63) is 11.6 Å². The van der Waals surface area contributed by atoms with Gasteiger partial charge in [-0.15, -0.1) is 0 Å². The van der Waals surface area contributed by atoms with Crippen LogP contribution in [0.25, 0.3) is 0 Å². The average molecular weight is 252 g/mol. The van der Waals surface area contributed by atoms with Crippen molar-refractivity contribution < 1.29 is 4.74 Å². The van der Waals surface area contributed by atoms with Crippen LogP contribution in [0, 0.1) is 0 Å². The summed E-state index contributed by atoms with van der Waals surface area (Å²) in [5, 5.41) is 0. The van der Waals surface area contributed by atoms with Gasteiger partial charge in [0.05, 0.1) is 18.8 Å². The van der Waals surface area contributed by atoms with E-state index in [-0.39, 0.29) is 12.1 Å². The Balaban J connectivity index is 1.90. The first kappa shape index (κ1) is 14.0. The standard InChI is InChI=1S/C15H28N2O/c1-2-9-17-10-11-18-14(12-17)15(16)13-7-5-3-4-6-8-13/h7,14-15H,2-6,8-12,16H2,1H3. The zero-order valence-corrected chi connectivity index (χ0v) is 11.7. The Morgan fingerprint density at radius 2 is 2.33 bits per heavy atom. The van der Waals surface area contributed by atoms with Crippen LogP contribution < -0.4 is 5.73 Å². The Kier molecular flexibility index (Phi) is 5.67. The van der Waals surface area contributed by atoms with Crippen LogP contribution in [-0.2, 0) is 4.74 Å². The highest BCUT2D eigenvalue weighted by molar-refractivity contribution is 5.14. The third-order valence-corrected chi connectivity index (χ3v) is 4.12. The second-order valence-electron chi connectivity index (χ2n) is 5.61. The smallest absolute Gasteiger partial charge is 0.0891 e. The van der Waals surface area contributed by atoms with Gasteiger partial charge in [0.25, 0.3) is 0 Å². The van der Waals surface area contributed by atoms with Crippen molar-refractivity contribution in [1.29, 1.82) is 0 Å². The Morgan fingerprint density at radius 1 is 1.44 bits per heavy atom. The van der Waals surface area contributed by atoms with E-state index in [4.69, 9.17) is 10.5 Å². The molecule has 2 unspecified atom stereocenters. The van der Waals surface area contributed by atoms with Gasteiger partial charge < -0.3 is 10.5 Å². The Labute approximate surface area is 111 Å². The van der Waals surface area contributed by atoms with Crippen LogP contribution in [0.2, 0.25) is 0 Å². The summed E-state index contributed by atoms with van der Waals surface area (Å²) in [6, 6.07) is 0.114. The summed E-state index contributed by atoms with van der Waals surface area (Å²) in [5.74, 6) is 0. The fraction of sp³-hybridized carbons (Fsp3) is 0.867. The lowest BCUT2D eigenvalue weighted by Crippen LogP contribution is -2.51. The van der Waals surface area contributed by atoms with Crippen LogP contribution in [0.15, 0.2) is 11.6 Å². The van der Waals surface area contributed by atoms with E-state index in [1.54, 1.807) is 0 Å². The maximum Gasteiger partial charge on any atom is 0.0891 e. The average Bonchev–Trinajstić information content (AvgIpc) is 2.67. The fourth-order valence-electron chi connectivity index (χ4n) is 3.05.